The number of halogens is 3. The summed E-state index contributed by atoms with van der Waals surface area (Å²) >= 11 is 0. The van der Waals surface area contributed by atoms with Gasteiger partial charge in [0.15, 0.2) is 5.96 Å². The van der Waals surface area contributed by atoms with Crippen LogP contribution in [0.2, 0.25) is 0 Å². The molecule has 156 valence electrons. The zero-order chi connectivity index (χ0) is 20.1. The summed E-state index contributed by atoms with van der Waals surface area (Å²) in [6.07, 6.45) is 0.379. The summed E-state index contributed by atoms with van der Waals surface area (Å²) < 4.78 is 38.6. The molecule has 2 atom stereocenters. The van der Waals surface area contributed by atoms with Gasteiger partial charge in [0.25, 0.3) is 0 Å². The van der Waals surface area contributed by atoms with Crippen LogP contribution < -0.4 is 10.6 Å². The zero-order valence-electron chi connectivity index (χ0n) is 16.7. The SMILES string of the molecule is CN=C(NCCC(C)c1cccc(C(F)(F)F)c1)NCC1CCN(C2CC2)C1. The van der Waals surface area contributed by atoms with Crippen LogP contribution in [0.15, 0.2) is 29.3 Å². The molecule has 2 N–H and O–H groups in total. The summed E-state index contributed by atoms with van der Waals surface area (Å²) in [5.74, 6) is 1.46. The quantitative estimate of drug-likeness (QED) is 0.543. The summed E-state index contributed by atoms with van der Waals surface area (Å²) in [6.45, 7) is 5.90. The van der Waals surface area contributed by atoms with E-state index in [1.54, 1.807) is 13.1 Å². The molecule has 1 aromatic carbocycles. The lowest BCUT2D eigenvalue weighted by Gasteiger charge is -2.18. The number of likely N-dealkylation sites (tertiary alicyclic amines) is 1. The Bertz CT molecular complexity index is 670. The van der Waals surface area contributed by atoms with Crippen molar-refractivity contribution in [3.8, 4) is 0 Å². The van der Waals surface area contributed by atoms with Crippen LogP contribution in [0, 0.1) is 5.92 Å². The number of guanidine groups is 1. The van der Waals surface area contributed by atoms with Gasteiger partial charge in [-0.2, -0.15) is 13.2 Å². The maximum atomic E-state index is 12.9. The lowest BCUT2D eigenvalue weighted by Crippen LogP contribution is -2.40. The van der Waals surface area contributed by atoms with Gasteiger partial charge in [0.05, 0.1) is 5.56 Å². The number of benzene rings is 1. The molecule has 7 heteroatoms. The normalized spacial score (nSPS) is 22.3. The summed E-state index contributed by atoms with van der Waals surface area (Å²) in [4.78, 5) is 6.86. The lowest BCUT2D eigenvalue weighted by atomic mass is 9.96. The van der Waals surface area contributed by atoms with Gasteiger partial charge >= 0.3 is 6.18 Å². The molecule has 0 radical (unpaired) electrons. The Morgan fingerprint density at radius 2 is 2.04 bits per heavy atom. The van der Waals surface area contributed by atoms with Gasteiger partial charge in [0, 0.05) is 32.7 Å². The van der Waals surface area contributed by atoms with E-state index in [1.807, 2.05) is 6.92 Å². The number of alkyl halides is 3. The van der Waals surface area contributed by atoms with E-state index in [0.717, 1.165) is 31.0 Å². The fraction of sp³-hybridized carbons (Fsp3) is 0.667. The number of rotatable bonds is 7. The van der Waals surface area contributed by atoms with Gasteiger partial charge in [-0.25, -0.2) is 0 Å². The average Bonchev–Trinajstić information content (AvgIpc) is 3.42. The summed E-state index contributed by atoms with van der Waals surface area (Å²) in [6, 6.07) is 6.45. The predicted octanol–water partition coefficient (Wildman–Crippen LogP) is 3.85. The highest BCUT2D eigenvalue weighted by Gasteiger charge is 2.34. The molecule has 1 aliphatic heterocycles. The van der Waals surface area contributed by atoms with Gasteiger partial charge < -0.3 is 15.5 Å². The highest BCUT2D eigenvalue weighted by Crippen LogP contribution is 2.32. The molecule has 0 aromatic heterocycles. The first-order valence-corrected chi connectivity index (χ1v) is 10.2. The van der Waals surface area contributed by atoms with E-state index in [9.17, 15) is 13.2 Å². The monoisotopic (exact) mass is 396 g/mol. The van der Waals surface area contributed by atoms with E-state index in [-0.39, 0.29) is 5.92 Å². The van der Waals surface area contributed by atoms with Crippen LogP contribution in [0.5, 0.6) is 0 Å². The van der Waals surface area contributed by atoms with Crippen molar-refractivity contribution in [2.24, 2.45) is 10.9 Å². The molecule has 1 saturated carbocycles. The predicted molar refractivity (Wildman–Crippen MR) is 107 cm³/mol. The van der Waals surface area contributed by atoms with Gasteiger partial charge in [0.2, 0.25) is 0 Å². The van der Waals surface area contributed by atoms with Gasteiger partial charge in [-0.3, -0.25) is 4.99 Å². The zero-order valence-corrected chi connectivity index (χ0v) is 16.7. The molecule has 3 rings (SSSR count). The topological polar surface area (TPSA) is 39.7 Å². The second kappa shape index (κ2) is 9.16. The van der Waals surface area contributed by atoms with Crippen molar-refractivity contribution < 1.29 is 13.2 Å². The lowest BCUT2D eigenvalue weighted by molar-refractivity contribution is -0.137. The molecule has 1 heterocycles. The minimum absolute atomic E-state index is 0.0369. The van der Waals surface area contributed by atoms with Crippen molar-refractivity contribution in [2.45, 2.75) is 50.7 Å². The third-order valence-corrected chi connectivity index (χ3v) is 5.82. The van der Waals surface area contributed by atoms with Crippen LogP contribution in [-0.2, 0) is 6.18 Å². The second-order valence-electron chi connectivity index (χ2n) is 8.07. The Morgan fingerprint density at radius 1 is 1.25 bits per heavy atom. The number of hydrogen-bond acceptors (Lipinski definition) is 2. The van der Waals surface area contributed by atoms with E-state index in [0.29, 0.717) is 18.0 Å². The Labute approximate surface area is 165 Å². The van der Waals surface area contributed by atoms with Crippen molar-refractivity contribution >= 4 is 5.96 Å². The molecule has 1 saturated heterocycles. The summed E-state index contributed by atoms with van der Waals surface area (Å²) in [5.41, 5.74) is 0.129. The molecule has 1 aliphatic carbocycles. The van der Waals surface area contributed by atoms with E-state index >= 15 is 0 Å². The molecule has 28 heavy (non-hydrogen) atoms. The minimum Gasteiger partial charge on any atom is -0.356 e. The highest BCUT2D eigenvalue weighted by molar-refractivity contribution is 5.79. The summed E-state index contributed by atoms with van der Waals surface area (Å²) in [7, 11) is 1.75. The van der Waals surface area contributed by atoms with Crippen LogP contribution in [0.3, 0.4) is 0 Å². The Morgan fingerprint density at radius 3 is 2.71 bits per heavy atom. The van der Waals surface area contributed by atoms with Crippen molar-refractivity contribution in [2.75, 3.05) is 33.2 Å². The van der Waals surface area contributed by atoms with E-state index < -0.39 is 11.7 Å². The maximum absolute atomic E-state index is 12.9. The fourth-order valence-corrected chi connectivity index (χ4v) is 3.86. The smallest absolute Gasteiger partial charge is 0.356 e. The number of nitrogens with zero attached hydrogens (tertiary/aromatic N) is 2. The van der Waals surface area contributed by atoms with Crippen LogP contribution in [-0.4, -0.2) is 50.1 Å². The number of hydrogen-bond donors (Lipinski definition) is 2. The molecule has 4 nitrogen and oxygen atoms in total. The molecule has 0 amide bonds. The number of aliphatic imine (C=N–C) groups is 1. The molecule has 1 aromatic rings. The second-order valence-corrected chi connectivity index (χ2v) is 8.07. The largest absolute Gasteiger partial charge is 0.416 e. The maximum Gasteiger partial charge on any atom is 0.416 e. The minimum atomic E-state index is -4.30. The van der Waals surface area contributed by atoms with Gasteiger partial charge in [-0.05, 0) is 55.7 Å². The average molecular weight is 397 g/mol. The van der Waals surface area contributed by atoms with Crippen LogP contribution >= 0.6 is 0 Å². The van der Waals surface area contributed by atoms with Crippen molar-refractivity contribution in [3.05, 3.63) is 35.4 Å². The molecule has 0 spiro atoms. The fourth-order valence-electron chi connectivity index (χ4n) is 3.86. The van der Waals surface area contributed by atoms with Crippen LogP contribution in [0.4, 0.5) is 13.2 Å². The third-order valence-electron chi connectivity index (χ3n) is 5.82. The summed E-state index contributed by atoms with van der Waals surface area (Å²) in [5, 5.41) is 6.69. The molecule has 2 unspecified atom stereocenters. The highest BCUT2D eigenvalue weighted by atomic mass is 19.4. The standard InChI is InChI=1S/C21H31F3N4/c1-15(17-4-3-5-18(12-17)21(22,23)24)8-10-26-20(25-2)27-13-16-9-11-28(14-16)19-6-7-19/h3-5,12,15-16,19H,6-11,13-14H2,1-2H3,(H2,25,26,27). The Kier molecular flexibility index (Phi) is 6.86. The molecule has 2 fully saturated rings. The molecular weight excluding hydrogens is 365 g/mol. The molecular formula is C21H31F3N4. The van der Waals surface area contributed by atoms with E-state index in [4.69, 9.17) is 0 Å². The Hall–Kier alpha value is -1.76. The Balaban J connectivity index is 1.39. The van der Waals surface area contributed by atoms with Crippen molar-refractivity contribution in [1.29, 1.82) is 0 Å². The first kappa shape index (κ1) is 21.0. The molecule has 2 aliphatic rings. The van der Waals surface area contributed by atoms with Gasteiger partial charge in [0.1, 0.15) is 0 Å². The first-order valence-electron chi connectivity index (χ1n) is 10.2. The van der Waals surface area contributed by atoms with E-state index in [2.05, 4.69) is 20.5 Å². The van der Waals surface area contributed by atoms with Gasteiger partial charge in [-0.15, -0.1) is 0 Å². The van der Waals surface area contributed by atoms with Gasteiger partial charge in [-0.1, -0.05) is 25.1 Å². The third kappa shape index (κ3) is 5.87. The van der Waals surface area contributed by atoms with E-state index in [1.165, 1.54) is 44.5 Å². The van der Waals surface area contributed by atoms with Crippen molar-refractivity contribution in [3.63, 3.8) is 0 Å². The first-order chi connectivity index (χ1) is 13.4. The van der Waals surface area contributed by atoms with Crippen molar-refractivity contribution in [1.82, 2.24) is 15.5 Å². The van der Waals surface area contributed by atoms with Crippen LogP contribution in [0.1, 0.15) is 49.7 Å². The number of nitrogens with one attached hydrogen (secondary N) is 2. The van der Waals surface area contributed by atoms with Crippen LogP contribution in [0.25, 0.3) is 0 Å². The molecule has 0 bridgehead atoms.